The maximum atomic E-state index is 14.1. The average Bonchev–Trinajstić information content (AvgIpc) is 2.94. The average molecular weight is 361 g/mol. The van der Waals surface area contributed by atoms with Crippen molar-refractivity contribution >= 4 is 28.7 Å². The number of halogens is 2. The van der Waals surface area contributed by atoms with E-state index in [1.165, 1.54) is 11.1 Å². The van der Waals surface area contributed by atoms with Crippen LogP contribution in [0.15, 0.2) is 24.7 Å². The highest BCUT2D eigenvalue weighted by molar-refractivity contribution is 6.31. The van der Waals surface area contributed by atoms with E-state index < -0.39 is 11.8 Å². The molecule has 9 heteroatoms. The number of likely N-dealkylation sites (tertiary alicyclic amines) is 1. The lowest BCUT2D eigenvalue weighted by Gasteiger charge is -2.37. The Balaban J connectivity index is 1.63. The van der Waals surface area contributed by atoms with Crippen molar-refractivity contribution in [2.75, 3.05) is 13.1 Å². The van der Waals surface area contributed by atoms with Crippen LogP contribution in [0.2, 0.25) is 5.02 Å². The summed E-state index contributed by atoms with van der Waals surface area (Å²) in [5.74, 6) is 0.0823. The maximum Gasteiger partial charge on any atom is 0.314 e. The highest BCUT2D eigenvalue weighted by Gasteiger charge is 2.30. The molecule has 25 heavy (non-hydrogen) atoms. The van der Waals surface area contributed by atoms with Gasteiger partial charge in [-0.2, -0.15) is 0 Å². The van der Waals surface area contributed by atoms with Crippen LogP contribution < -0.4 is 5.73 Å². The van der Waals surface area contributed by atoms with Crippen LogP contribution in [0.1, 0.15) is 5.69 Å². The van der Waals surface area contributed by atoms with Crippen LogP contribution in [0.4, 0.5) is 9.18 Å². The van der Waals surface area contributed by atoms with Gasteiger partial charge in [-0.15, -0.1) is 0 Å². The zero-order valence-corrected chi connectivity index (χ0v) is 13.8. The zero-order chi connectivity index (χ0) is 17.6. The molecule has 128 valence electrons. The predicted molar refractivity (Wildman–Crippen MR) is 90.4 cm³/mol. The van der Waals surface area contributed by atoms with Gasteiger partial charge < -0.3 is 15.6 Å². The lowest BCUT2D eigenvalue weighted by molar-refractivity contribution is 0.126. The van der Waals surface area contributed by atoms with Crippen LogP contribution in [0.25, 0.3) is 22.4 Å². The quantitative estimate of drug-likeness (QED) is 0.748. The summed E-state index contributed by atoms with van der Waals surface area (Å²) in [7, 11) is 0. The molecular weight excluding hydrogens is 347 g/mol. The van der Waals surface area contributed by atoms with Gasteiger partial charge in [0.1, 0.15) is 5.65 Å². The van der Waals surface area contributed by atoms with Gasteiger partial charge in [-0.25, -0.2) is 24.1 Å². The van der Waals surface area contributed by atoms with Crippen molar-refractivity contribution < 1.29 is 9.18 Å². The minimum absolute atomic E-state index is 0.142. The van der Waals surface area contributed by atoms with E-state index in [2.05, 4.69) is 19.9 Å². The number of rotatable bonds is 3. The molecule has 4 heterocycles. The van der Waals surface area contributed by atoms with E-state index in [0.29, 0.717) is 47.3 Å². The fourth-order valence-electron chi connectivity index (χ4n) is 2.99. The van der Waals surface area contributed by atoms with E-state index in [0.717, 1.165) is 5.39 Å². The van der Waals surface area contributed by atoms with Crippen LogP contribution in [0.3, 0.4) is 0 Å². The summed E-state index contributed by atoms with van der Waals surface area (Å²) in [4.78, 5) is 28.2. The van der Waals surface area contributed by atoms with E-state index in [1.807, 2.05) is 0 Å². The number of nitrogens with two attached hydrogens (primary N) is 1. The molecular formula is C16H14ClFN6O. The molecule has 0 spiro atoms. The number of carbonyl (C=O) groups is 1. The molecule has 0 bridgehead atoms. The zero-order valence-electron chi connectivity index (χ0n) is 13.0. The highest BCUT2D eigenvalue weighted by Crippen LogP contribution is 2.28. The van der Waals surface area contributed by atoms with E-state index >= 15 is 0 Å². The van der Waals surface area contributed by atoms with Gasteiger partial charge in [-0.05, 0) is 18.4 Å². The molecule has 7 nitrogen and oxygen atoms in total. The van der Waals surface area contributed by atoms with Crippen molar-refractivity contribution in [2.45, 2.75) is 6.42 Å². The molecule has 3 aromatic rings. The molecule has 0 unspecified atom stereocenters. The van der Waals surface area contributed by atoms with E-state index in [-0.39, 0.29) is 5.92 Å². The molecule has 1 fully saturated rings. The first kappa shape index (κ1) is 15.8. The molecule has 1 aliphatic heterocycles. The molecule has 0 aromatic carbocycles. The van der Waals surface area contributed by atoms with Crippen molar-refractivity contribution in [1.29, 1.82) is 0 Å². The standard InChI is InChI=1S/C16H14ClFN6O/c17-9-2-10-11(4-21-14(10)20-3-9)15-22-5-12(18)13(23-15)1-8-6-24(7-8)16(19)25/h2-5,8H,1,6-7H2,(H2,19,25)(H,20,21). The summed E-state index contributed by atoms with van der Waals surface area (Å²) in [5.41, 5.74) is 6.89. The number of fused-ring (bicyclic) bond motifs is 1. The van der Waals surface area contributed by atoms with Crippen LogP contribution in [0.5, 0.6) is 0 Å². The Labute approximate surface area is 147 Å². The van der Waals surface area contributed by atoms with E-state index in [1.54, 1.807) is 18.5 Å². The highest BCUT2D eigenvalue weighted by atomic mass is 35.5. The van der Waals surface area contributed by atoms with Crippen LogP contribution in [-0.2, 0) is 6.42 Å². The van der Waals surface area contributed by atoms with Crippen molar-refractivity contribution in [3.63, 3.8) is 0 Å². The van der Waals surface area contributed by atoms with Gasteiger partial charge in [0.05, 0.1) is 16.9 Å². The number of amides is 2. The monoisotopic (exact) mass is 360 g/mol. The number of pyridine rings is 1. The number of carbonyl (C=O) groups excluding carboxylic acids is 1. The van der Waals surface area contributed by atoms with Gasteiger partial charge in [0.15, 0.2) is 11.6 Å². The third kappa shape index (κ3) is 2.89. The van der Waals surface area contributed by atoms with Gasteiger partial charge in [0, 0.05) is 36.4 Å². The first-order valence-electron chi connectivity index (χ1n) is 7.70. The minimum Gasteiger partial charge on any atom is -0.351 e. The Hall–Kier alpha value is -2.74. The molecule has 3 N–H and O–H groups in total. The second-order valence-corrected chi connectivity index (χ2v) is 6.49. The first-order chi connectivity index (χ1) is 12.0. The normalized spacial score (nSPS) is 14.7. The van der Waals surface area contributed by atoms with Crippen molar-refractivity contribution in [2.24, 2.45) is 11.7 Å². The SMILES string of the molecule is NC(=O)N1CC(Cc2nc(-c3c[nH]c4ncc(Cl)cc34)ncc2F)C1. The lowest BCUT2D eigenvalue weighted by Crippen LogP contribution is -2.53. The number of hydrogen-bond donors (Lipinski definition) is 2. The van der Waals surface area contributed by atoms with Gasteiger partial charge in [-0.3, -0.25) is 0 Å². The van der Waals surface area contributed by atoms with Crippen LogP contribution in [-0.4, -0.2) is 44.0 Å². The Morgan fingerprint density at radius 3 is 2.96 bits per heavy atom. The number of nitrogens with zero attached hydrogens (tertiary/aromatic N) is 4. The van der Waals surface area contributed by atoms with E-state index in [4.69, 9.17) is 17.3 Å². The summed E-state index contributed by atoms with van der Waals surface area (Å²) >= 11 is 6.01. The molecule has 1 saturated heterocycles. The van der Waals surface area contributed by atoms with Gasteiger partial charge in [0.2, 0.25) is 0 Å². The number of aromatic amines is 1. The van der Waals surface area contributed by atoms with Gasteiger partial charge >= 0.3 is 6.03 Å². The van der Waals surface area contributed by atoms with Crippen molar-refractivity contribution in [3.8, 4) is 11.4 Å². The molecule has 3 aromatic heterocycles. The molecule has 2 amide bonds. The second kappa shape index (κ2) is 5.96. The van der Waals surface area contributed by atoms with E-state index in [9.17, 15) is 9.18 Å². The van der Waals surface area contributed by atoms with Gasteiger partial charge in [-0.1, -0.05) is 11.6 Å². The third-order valence-corrected chi connectivity index (χ3v) is 4.51. The lowest BCUT2D eigenvalue weighted by atomic mass is 9.95. The summed E-state index contributed by atoms with van der Waals surface area (Å²) < 4.78 is 14.1. The number of urea groups is 1. The largest absolute Gasteiger partial charge is 0.351 e. The molecule has 4 rings (SSSR count). The van der Waals surface area contributed by atoms with Crippen LogP contribution >= 0.6 is 11.6 Å². The smallest absolute Gasteiger partial charge is 0.314 e. The maximum absolute atomic E-state index is 14.1. The number of aromatic nitrogens is 4. The summed E-state index contributed by atoms with van der Waals surface area (Å²) in [6.07, 6.45) is 4.86. The minimum atomic E-state index is -0.461. The third-order valence-electron chi connectivity index (χ3n) is 4.31. The Morgan fingerprint density at radius 1 is 1.40 bits per heavy atom. The number of primary amides is 1. The molecule has 0 radical (unpaired) electrons. The van der Waals surface area contributed by atoms with Crippen LogP contribution in [0, 0.1) is 11.7 Å². The molecule has 0 atom stereocenters. The van der Waals surface area contributed by atoms with Crippen molar-refractivity contribution in [3.05, 3.63) is 41.2 Å². The summed E-state index contributed by atoms with van der Waals surface area (Å²) in [6, 6.07) is 1.31. The first-order valence-corrected chi connectivity index (χ1v) is 8.08. The Kier molecular flexibility index (Phi) is 3.76. The van der Waals surface area contributed by atoms with Crippen molar-refractivity contribution in [1.82, 2.24) is 24.8 Å². The number of H-pyrrole nitrogens is 1. The fraction of sp³-hybridized carbons (Fsp3) is 0.250. The topological polar surface area (TPSA) is 101 Å². The second-order valence-electron chi connectivity index (χ2n) is 6.05. The molecule has 0 aliphatic carbocycles. The number of nitrogens with one attached hydrogen (secondary N) is 1. The van der Waals surface area contributed by atoms with Gasteiger partial charge in [0.25, 0.3) is 0 Å². The predicted octanol–water partition coefficient (Wildman–Crippen LogP) is 2.37. The molecule has 0 saturated carbocycles. The summed E-state index contributed by atoms with van der Waals surface area (Å²) in [5, 5.41) is 1.27. The Morgan fingerprint density at radius 2 is 2.20 bits per heavy atom. The number of hydrogen-bond acceptors (Lipinski definition) is 4. The summed E-state index contributed by atoms with van der Waals surface area (Å²) in [6.45, 7) is 1.03. The fourth-order valence-corrected chi connectivity index (χ4v) is 3.15. The Bertz CT molecular complexity index is 968. The molecule has 1 aliphatic rings.